The van der Waals surface area contributed by atoms with Crippen LogP contribution in [0, 0.1) is 0 Å². The van der Waals surface area contributed by atoms with Crippen molar-refractivity contribution in [2.75, 3.05) is 0 Å². The third kappa shape index (κ3) is 5.26. The lowest BCUT2D eigenvalue weighted by molar-refractivity contribution is 0.0555. The van der Waals surface area contributed by atoms with E-state index in [0.29, 0.717) is 6.54 Å². The molecular formula is C27H25N5O4. The van der Waals surface area contributed by atoms with Gasteiger partial charge in [-0.2, -0.15) is 0 Å². The van der Waals surface area contributed by atoms with Gasteiger partial charge in [0.1, 0.15) is 13.3 Å². The molecule has 9 nitrogen and oxygen atoms in total. The zero-order valence-electron chi connectivity index (χ0n) is 19.6. The molecule has 0 spiro atoms. The molecule has 0 saturated carbocycles. The summed E-state index contributed by atoms with van der Waals surface area (Å²) in [5, 5.41) is 4.25. The van der Waals surface area contributed by atoms with E-state index in [9.17, 15) is 9.59 Å². The Balaban J connectivity index is 1.40. The van der Waals surface area contributed by atoms with Crippen LogP contribution < -0.4 is 16.0 Å². The molecule has 0 saturated heterocycles. The minimum absolute atomic E-state index is 0.151. The van der Waals surface area contributed by atoms with Gasteiger partial charge in [0.2, 0.25) is 0 Å². The zero-order chi connectivity index (χ0) is 24.7. The van der Waals surface area contributed by atoms with Crippen LogP contribution in [0.3, 0.4) is 0 Å². The van der Waals surface area contributed by atoms with Crippen LogP contribution in [0.2, 0.25) is 0 Å². The van der Waals surface area contributed by atoms with Gasteiger partial charge in [-0.3, -0.25) is 4.79 Å². The quantitative estimate of drug-likeness (QED) is 0.303. The zero-order valence-corrected chi connectivity index (χ0v) is 19.6. The Morgan fingerprint density at radius 3 is 2.17 bits per heavy atom. The number of ether oxygens (including phenoxy) is 2. The summed E-state index contributed by atoms with van der Waals surface area (Å²) in [4.78, 5) is 30.7. The van der Waals surface area contributed by atoms with Crippen molar-refractivity contribution in [1.82, 2.24) is 23.9 Å². The fourth-order valence-electron chi connectivity index (χ4n) is 3.83. The van der Waals surface area contributed by atoms with Crippen LogP contribution in [-0.2, 0) is 37.8 Å². The Morgan fingerprint density at radius 2 is 1.42 bits per heavy atom. The van der Waals surface area contributed by atoms with Crippen molar-refractivity contribution in [2.45, 2.75) is 33.0 Å². The highest BCUT2D eigenvalue weighted by Gasteiger charge is 2.15. The molecule has 0 aliphatic heterocycles. The van der Waals surface area contributed by atoms with E-state index in [2.05, 4.69) is 10.1 Å². The van der Waals surface area contributed by atoms with Crippen LogP contribution in [0.1, 0.15) is 11.1 Å². The van der Waals surface area contributed by atoms with Crippen molar-refractivity contribution in [3.63, 3.8) is 0 Å². The summed E-state index contributed by atoms with van der Waals surface area (Å²) in [7, 11) is 0. The number of rotatable bonds is 10. The van der Waals surface area contributed by atoms with Gasteiger partial charge in [0.05, 0.1) is 30.5 Å². The summed E-state index contributed by atoms with van der Waals surface area (Å²) in [6.07, 6.45) is 1.72. The molecule has 0 fully saturated rings. The lowest BCUT2D eigenvalue weighted by atomic mass is 10.2. The van der Waals surface area contributed by atoms with E-state index in [1.807, 2.05) is 89.5 Å². The van der Waals surface area contributed by atoms with Gasteiger partial charge in [0.15, 0.2) is 0 Å². The van der Waals surface area contributed by atoms with E-state index in [0.717, 1.165) is 26.7 Å². The molecule has 5 rings (SSSR count). The second-order valence-corrected chi connectivity index (χ2v) is 8.21. The van der Waals surface area contributed by atoms with Gasteiger partial charge in [-0.1, -0.05) is 72.8 Å². The molecule has 0 bridgehead atoms. The second-order valence-electron chi connectivity index (χ2n) is 8.21. The molecule has 0 atom stereocenters. The molecule has 0 aliphatic carbocycles. The Kier molecular flexibility index (Phi) is 7.00. The van der Waals surface area contributed by atoms with E-state index in [4.69, 9.17) is 9.47 Å². The number of hydrogen-bond donors (Lipinski definition) is 0. The van der Waals surface area contributed by atoms with Crippen LogP contribution in [-0.4, -0.2) is 23.9 Å². The third-order valence-corrected chi connectivity index (χ3v) is 5.72. The highest BCUT2D eigenvalue weighted by atomic mass is 16.5. The van der Waals surface area contributed by atoms with Crippen LogP contribution in [0.4, 0.5) is 0 Å². The number of benzene rings is 3. The molecule has 0 aliphatic rings. The maximum absolute atomic E-state index is 13.2. The van der Waals surface area contributed by atoms with Gasteiger partial charge < -0.3 is 14.0 Å². The minimum Gasteiger partial charge on any atom is -0.468 e. The lowest BCUT2D eigenvalue weighted by Crippen LogP contribution is -2.43. The lowest BCUT2D eigenvalue weighted by Gasteiger charge is -2.13. The average molecular weight is 484 g/mol. The largest absolute Gasteiger partial charge is 0.468 e. The number of imidazole rings is 1. The van der Waals surface area contributed by atoms with Crippen LogP contribution in [0.15, 0.2) is 101 Å². The standard InChI is InChI=1S/C27H25N5O4/c33-26-25(36-18-22-11-5-2-6-12-22)29-32(16-15-30-19-28-23-13-7-8-14-24(23)30)27(34)31(26)20-35-17-21-9-3-1-4-10-21/h1-14,19H,15-18,20H2. The first-order valence-electron chi connectivity index (χ1n) is 11.6. The maximum atomic E-state index is 13.2. The Labute approximate surface area is 206 Å². The predicted octanol–water partition coefficient (Wildman–Crippen LogP) is 3.21. The fourth-order valence-corrected chi connectivity index (χ4v) is 3.83. The van der Waals surface area contributed by atoms with Gasteiger partial charge in [-0.15, -0.1) is 5.10 Å². The first-order valence-corrected chi connectivity index (χ1v) is 11.6. The smallest absolute Gasteiger partial charge is 0.349 e. The molecule has 36 heavy (non-hydrogen) atoms. The number of aryl methyl sites for hydroxylation is 2. The van der Waals surface area contributed by atoms with Gasteiger partial charge in [-0.25, -0.2) is 19.0 Å². The highest BCUT2D eigenvalue weighted by Crippen LogP contribution is 2.12. The minimum atomic E-state index is -0.631. The molecule has 3 aromatic carbocycles. The summed E-state index contributed by atoms with van der Waals surface area (Å²) in [5.41, 5.74) is 2.44. The topological polar surface area (TPSA) is 93.2 Å². The predicted molar refractivity (Wildman–Crippen MR) is 134 cm³/mol. The number of para-hydroxylation sites is 2. The first kappa shape index (κ1) is 23.3. The van der Waals surface area contributed by atoms with Gasteiger partial charge in [0.25, 0.3) is 5.88 Å². The molecule has 0 unspecified atom stereocenters. The second kappa shape index (κ2) is 10.8. The Morgan fingerprint density at radius 1 is 0.750 bits per heavy atom. The molecule has 5 aromatic rings. The number of aromatic nitrogens is 5. The highest BCUT2D eigenvalue weighted by molar-refractivity contribution is 5.74. The van der Waals surface area contributed by atoms with E-state index in [1.165, 1.54) is 4.68 Å². The molecule has 0 N–H and O–H groups in total. The number of fused-ring (bicyclic) bond motifs is 1. The Hall–Kier alpha value is -4.50. The van der Waals surface area contributed by atoms with Crippen molar-refractivity contribution >= 4 is 11.0 Å². The van der Waals surface area contributed by atoms with Gasteiger partial charge in [0, 0.05) is 6.54 Å². The average Bonchev–Trinajstić information content (AvgIpc) is 3.34. The molecular weight excluding hydrogens is 458 g/mol. The first-order chi connectivity index (χ1) is 17.7. The number of hydrogen-bond acceptors (Lipinski definition) is 6. The van der Waals surface area contributed by atoms with Crippen LogP contribution in [0.5, 0.6) is 5.88 Å². The van der Waals surface area contributed by atoms with E-state index in [-0.39, 0.29) is 32.4 Å². The molecule has 182 valence electrons. The summed E-state index contributed by atoms with van der Waals surface area (Å²) in [6.45, 7) is 0.855. The molecule has 9 heteroatoms. The summed E-state index contributed by atoms with van der Waals surface area (Å²) in [6, 6.07) is 26.8. The van der Waals surface area contributed by atoms with Crippen molar-refractivity contribution < 1.29 is 9.47 Å². The molecule has 2 heterocycles. The molecule has 2 aromatic heterocycles. The van der Waals surface area contributed by atoms with Crippen LogP contribution >= 0.6 is 0 Å². The van der Waals surface area contributed by atoms with E-state index < -0.39 is 11.2 Å². The molecule has 0 amide bonds. The molecule has 0 radical (unpaired) electrons. The summed E-state index contributed by atoms with van der Waals surface area (Å²) >= 11 is 0. The van der Waals surface area contributed by atoms with E-state index >= 15 is 0 Å². The van der Waals surface area contributed by atoms with Crippen molar-refractivity contribution in [3.05, 3.63) is 123 Å². The summed E-state index contributed by atoms with van der Waals surface area (Å²) in [5.74, 6) is -0.155. The third-order valence-electron chi connectivity index (χ3n) is 5.72. The summed E-state index contributed by atoms with van der Waals surface area (Å²) < 4.78 is 15.6. The SMILES string of the molecule is O=c1c(OCc2ccccc2)nn(CCn2cnc3ccccc32)c(=O)n1COCc1ccccc1. The van der Waals surface area contributed by atoms with E-state index in [1.54, 1.807) is 6.33 Å². The normalized spacial score (nSPS) is 11.1. The van der Waals surface area contributed by atoms with Gasteiger partial charge >= 0.3 is 11.2 Å². The Bertz CT molecular complexity index is 1560. The fraction of sp³-hybridized carbons (Fsp3) is 0.185. The van der Waals surface area contributed by atoms with Crippen LogP contribution in [0.25, 0.3) is 11.0 Å². The van der Waals surface area contributed by atoms with Gasteiger partial charge in [-0.05, 0) is 23.3 Å². The maximum Gasteiger partial charge on any atom is 0.349 e. The number of nitrogens with zero attached hydrogens (tertiary/aromatic N) is 5. The van der Waals surface area contributed by atoms with Crippen molar-refractivity contribution in [3.8, 4) is 5.88 Å². The van der Waals surface area contributed by atoms with Crippen molar-refractivity contribution in [1.29, 1.82) is 0 Å². The monoisotopic (exact) mass is 483 g/mol. The van der Waals surface area contributed by atoms with Crippen molar-refractivity contribution in [2.24, 2.45) is 0 Å².